The maximum Gasteiger partial charge on any atom is 0.0482 e. The van der Waals surface area contributed by atoms with E-state index in [1.165, 1.54) is 6.21 Å². The first-order chi connectivity index (χ1) is 3.27. The topological polar surface area (TPSA) is 64.4 Å². The third-order valence-corrected chi connectivity index (χ3v) is 0.423. The molecule has 0 amide bonds. The lowest BCUT2D eigenvalue weighted by Gasteiger charge is -1.79. The van der Waals surface area contributed by atoms with E-state index in [1.54, 1.807) is 13.0 Å². The largest absolute Gasteiger partial charge is 0.402 e. The normalized spacial score (nSPS) is 13.0. The molecule has 0 aromatic heterocycles. The van der Waals surface area contributed by atoms with Crippen molar-refractivity contribution < 1.29 is 0 Å². The predicted molar refractivity (Wildman–Crippen MR) is 30.6 cm³/mol. The monoisotopic (exact) mass is 99.1 g/mol. The Hall–Kier alpha value is -0.990. The molecule has 0 aliphatic rings. The number of hydrogen-bond acceptors (Lipinski definition) is 3. The van der Waals surface area contributed by atoms with Gasteiger partial charge in [0.05, 0.1) is 0 Å². The van der Waals surface area contributed by atoms with Crippen molar-refractivity contribution in [1.29, 1.82) is 0 Å². The van der Waals surface area contributed by atoms with Crippen molar-refractivity contribution in [2.24, 2.45) is 16.7 Å². The molecule has 0 rings (SSSR count). The second kappa shape index (κ2) is 3.21. The van der Waals surface area contributed by atoms with Crippen LogP contribution in [0.25, 0.3) is 0 Å². The van der Waals surface area contributed by atoms with Crippen LogP contribution in [0.4, 0.5) is 0 Å². The van der Waals surface area contributed by atoms with Crippen molar-refractivity contribution in [2.75, 3.05) is 0 Å². The average molecular weight is 99.1 g/mol. The highest BCUT2D eigenvalue weighted by Crippen LogP contribution is 1.71. The van der Waals surface area contributed by atoms with E-state index < -0.39 is 0 Å². The van der Waals surface area contributed by atoms with E-state index in [0.717, 1.165) is 0 Å². The van der Waals surface area contributed by atoms with Crippen molar-refractivity contribution in [3.63, 3.8) is 0 Å². The van der Waals surface area contributed by atoms with Crippen LogP contribution in [0.1, 0.15) is 6.92 Å². The van der Waals surface area contributed by atoms with Crippen LogP contribution >= 0.6 is 0 Å². The highest BCUT2D eigenvalue weighted by molar-refractivity contribution is 5.71. The Bertz CT molecular complexity index is 89.1. The Morgan fingerprint density at radius 1 is 1.71 bits per heavy atom. The molecule has 0 saturated heterocycles. The lowest BCUT2D eigenvalue weighted by atomic mass is 10.5. The van der Waals surface area contributed by atoms with Gasteiger partial charge in [-0.3, -0.25) is 0 Å². The number of allylic oxidation sites excluding steroid dienone is 2. The quantitative estimate of drug-likeness (QED) is 0.271. The molecule has 40 valence electrons. The maximum atomic E-state index is 5.19. The Morgan fingerprint density at radius 3 is 2.43 bits per heavy atom. The highest BCUT2D eigenvalue weighted by atomic mass is 15.1. The van der Waals surface area contributed by atoms with Gasteiger partial charge in [0.15, 0.2) is 0 Å². The van der Waals surface area contributed by atoms with Crippen LogP contribution in [0.2, 0.25) is 0 Å². The summed E-state index contributed by atoms with van der Waals surface area (Å²) in [5, 5.41) is 3.19. The zero-order valence-corrected chi connectivity index (χ0v) is 4.26. The second-order valence-electron chi connectivity index (χ2n) is 1.21. The number of hydrogen-bond donors (Lipinski definition) is 2. The maximum absolute atomic E-state index is 5.19. The summed E-state index contributed by atoms with van der Waals surface area (Å²) < 4.78 is 0. The lowest BCUT2D eigenvalue weighted by molar-refractivity contribution is 1.26. The van der Waals surface area contributed by atoms with Gasteiger partial charge in [0.2, 0.25) is 0 Å². The average Bonchev–Trinajstić information content (AvgIpc) is 1.61. The summed E-state index contributed by atoms with van der Waals surface area (Å²) >= 11 is 0. The van der Waals surface area contributed by atoms with Gasteiger partial charge in [-0.1, -0.05) is 0 Å². The van der Waals surface area contributed by atoms with Gasteiger partial charge in [0, 0.05) is 11.9 Å². The second-order valence-corrected chi connectivity index (χ2v) is 1.21. The molecule has 0 aliphatic carbocycles. The van der Waals surface area contributed by atoms with Crippen molar-refractivity contribution in [1.82, 2.24) is 0 Å². The van der Waals surface area contributed by atoms with Gasteiger partial charge in [-0.15, -0.1) is 0 Å². The first-order valence-electron chi connectivity index (χ1n) is 1.93. The number of nitrogens with two attached hydrogens (primary N) is 2. The fourth-order valence-corrected chi connectivity index (χ4v) is 0.161. The van der Waals surface area contributed by atoms with E-state index in [0.29, 0.717) is 5.70 Å². The molecule has 0 radical (unpaired) electrons. The van der Waals surface area contributed by atoms with Crippen molar-refractivity contribution in [3.8, 4) is 0 Å². The van der Waals surface area contributed by atoms with E-state index in [2.05, 4.69) is 5.10 Å². The first-order valence-corrected chi connectivity index (χ1v) is 1.93. The Balaban J connectivity index is 3.46. The summed E-state index contributed by atoms with van der Waals surface area (Å²) in [6.07, 6.45) is 3.06. The Kier molecular flexibility index (Phi) is 2.76. The van der Waals surface area contributed by atoms with Crippen LogP contribution in [-0.4, -0.2) is 6.21 Å². The minimum Gasteiger partial charge on any atom is -0.402 e. The van der Waals surface area contributed by atoms with E-state index in [1.807, 2.05) is 0 Å². The first kappa shape index (κ1) is 6.01. The molecule has 0 saturated carbocycles. The SMILES string of the molecule is C/C(N)=C\C=N/N. The van der Waals surface area contributed by atoms with Crippen LogP contribution in [0.3, 0.4) is 0 Å². The molecule has 3 heteroatoms. The molecule has 0 fully saturated rings. The molecule has 0 aromatic rings. The van der Waals surface area contributed by atoms with Gasteiger partial charge in [0.1, 0.15) is 0 Å². The predicted octanol–water partition coefficient (Wildman–Crippen LogP) is -0.207. The third-order valence-electron chi connectivity index (χ3n) is 0.423. The fraction of sp³-hybridized carbons (Fsp3) is 0.250. The van der Waals surface area contributed by atoms with E-state index in [4.69, 9.17) is 11.6 Å². The molecular weight excluding hydrogens is 90.1 g/mol. The summed E-state index contributed by atoms with van der Waals surface area (Å²) in [5.74, 6) is 4.75. The summed E-state index contributed by atoms with van der Waals surface area (Å²) in [7, 11) is 0. The minimum atomic E-state index is 0.703. The fourth-order valence-electron chi connectivity index (χ4n) is 0.161. The molecule has 3 nitrogen and oxygen atoms in total. The van der Waals surface area contributed by atoms with E-state index >= 15 is 0 Å². The molecule has 0 bridgehead atoms. The number of hydrazone groups is 1. The van der Waals surface area contributed by atoms with Gasteiger partial charge in [0.25, 0.3) is 0 Å². The molecular formula is C4H9N3. The standard InChI is InChI=1S/C4H9N3/c1-4(5)2-3-7-6/h2-3H,5-6H2,1H3/b4-2+,7-3-. The van der Waals surface area contributed by atoms with Gasteiger partial charge in [-0.25, -0.2) is 0 Å². The zero-order chi connectivity index (χ0) is 5.70. The molecule has 0 atom stereocenters. The molecule has 0 unspecified atom stereocenters. The molecule has 0 heterocycles. The van der Waals surface area contributed by atoms with Gasteiger partial charge < -0.3 is 11.6 Å². The summed E-state index contributed by atoms with van der Waals surface area (Å²) in [6, 6.07) is 0. The van der Waals surface area contributed by atoms with Crippen molar-refractivity contribution >= 4 is 6.21 Å². The summed E-state index contributed by atoms with van der Waals surface area (Å²) in [5.41, 5.74) is 5.90. The van der Waals surface area contributed by atoms with E-state index in [9.17, 15) is 0 Å². The van der Waals surface area contributed by atoms with Crippen LogP contribution in [0.15, 0.2) is 16.9 Å². The van der Waals surface area contributed by atoms with Crippen LogP contribution < -0.4 is 11.6 Å². The number of rotatable bonds is 1. The van der Waals surface area contributed by atoms with Gasteiger partial charge >= 0.3 is 0 Å². The lowest BCUT2D eigenvalue weighted by Crippen LogP contribution is -1.90. The molecule has 0 spiro atoms. The molecule has 0 aliphatic heterocycles. The minimum absolute atomic E-state index is 0.703. The third kappa shape index (κ3) is 5.01. The van der Waals surface area contributed by atoms with Crippen molar-refractivity contribution in [2.45, 2.75) is 6.92 Å². The van der Waals surface area contributed by atoms with Gasteiger partial charge in [-0.05, 0) is 13.0 Å². The zero-order valence-electron chi connectivity index (χ0n) is 4.26. The van der Waals surface area contributed by atoms with Gasteiger partial charge in [-0.2, -0.15) is 5.10 Å². The van der Waals surface area contributed by atoms with Crippen LogP contribution in [0, 0.1) is 0 Å². The highest BCUT2D eigenvalue weighted by Gasteiger charge is 1.66. The molecule has 7 heavy (non-hydrogen) atoms. The Morgan fingerprint density at radius 2 is 2.29 bits per heavy atom. The Labute approximate surface area is 42.7 Å². The van der Waals surface area contributed by atoms with Crippen molar-refractivity contribution in [3.05, 3.63) is 11.8 Å². The summed E-state index contributed by atoms with van der Waals surface area (Å²) in [6.45, 7) is 1.77. The van der Waals surface area contributed by atoms with E-state index in [-0.39, 0.29) is 0 Å². The van der Waals surface area contributed by atoms with Crippen LogP contribution in [-0.2, 0) is 0 Å². The number of nitrogens with zero attached hydrogens (tertiary/aromatic N) is 1. The summed E-state index contributed by atoms with van der Waals surface area (Å²) in [4.78, 5) is 0. The molecule has 0 aromatic carbocycles. The van der Waals surface area contributed by atoms with Crippen LogP contribution in [0.5, 0.6) is 0 Å². The smallest absolute Gasteiger partial charge is 0.0482 e. The molecule has 4 N–H and O–H groups in total.